The highest BCUT2D eigenvalue weighted by Crippen LogP contribution is 2.50. The molecular formula is C57H33N3S. The molecule has 4 heterocycles. The summed E-state index contributed by atoms with van der Waals surface area (Å²) in [5.74, 6) is 0. The molecule has 0 aliphatic carbocycles. The van der Waals surface area contributed by atoms with Gasteiger partial charge in [-0.25, -0.2) is 0 Å². The molecule has 0 aliphatic heterocycles. The van der Waals surface area contributed by atoms with Gasteiger partial charge in [0.1, 0.15) is 0 Å². The van der Waals surface area contributed by atoms with Crippen molar-refractivity contribution in [2.75, 3.05) is 0 Å². The lowest BCUT2D eigenvalue weighted by Crippen LogP contribution is -1.90. The summed E-state index contributed by atoms with van der Waals surface area (Å²) in [7, 11) is 0. The standard InChI is InChI=1S/C57H33N3S/c1-2-10-34(11-3-1)41-30-46(44-19-5-13-36-22-25-39-16-8-28-59-54(39)51(36)44)56-48(31-41)49-33-42(43-18-4-12-35-21-24-38-15-7-27-58-53(38)50(35)43)32-47(57(49)61-56)45-20-6-14-37-23-26-40-17-9-29-60-55(40)52(37)45/h1-33H. The molecule has 282 valence electrons. The van der Waals surface area contributed by atoms with E-state index in [0.717, 1.165) is 43.7 Å². The monoisotopic (exact) mass is 791 g/mol. The Hall–Kier alpha value is -7.79. The van der Waals surface area contributed by atoms with Crippen LogP contribution in [0.25, 0.3) is 130 Å². The molecule has 3 nitrogen and oxygen atoms in total. The highest BCUT2D eigenvalue weighted by molar-refractivity contribution is 7.27. The first-order valence-electron chi connectivity index (χ1n) is 20.7. The van der Waals surface area contributed by atoms with Gasteiger partial charge in [-0.1, -0.05) is 140 Å². The summed E-state index contributed by atoms with van der Waals surface area (Å²) in [6.45, 7) is 0. The maximum atomic E-state index is 5.02. The summed E-state index contributed by atoms with van der Waals surface area (Å²) in [5.41, 5.74) is 12.5. The molecule has 61 heavy (non-hydrogen) atoms. The van der Waals surface area contributed by atoms with Crippen LogP contribution in [-0.2, 0) is 0 Å². The second-order valence-electron chi connectivity index (χ2n) is 15.9. The first-order valence-corrected chi connectivity index (χ1v) is 21.5. The molecule has 13 rings (SSSR count). The zero-order valence-electron chi connectivity index (χ0n) is 32.8. The number of hydrogen-bond donors (Lipinski definition) is 0. The topological polar surface area (TPSA) is 38.7 Å². The zero-order valence-corrected chi connectivity index (χ0v) is 33.6. The molecule has 4 heteroatoms. The van der Waals surface area contributed by atoms with Gasteiger partial charge in [-0.05, 0) is 92.0 Å². The van der Waals surface area contributed by atoms with Gasteiger partial charge in [0.15, 0.2) is 0 Å². The predicted molar refractivity (Wildman–Crippen MR) is 259 cm³/mol. The Morgan fingerprint density at radius 1 is 0.279 bits per heavy atom. The van der Waals surface area contributed by atoms with E-state index >= 15 is 0 Å². The summed E-state index contributed by atoms with van der Waals surface area (Å²) in [5, 5.41) is 12.9. The van der Waals surface area contributed by atoms with Gasteiger partial charge < -0.3 is 0 Å². The van der Waals surface area contributed by atoms with Crippen molar-refractivity contribution in [1.29, 1.82) is 0 Å². The van der Waals surface area contributed by atoms with Gasteiger partial charge in [-0.15, -0.1) is 11.3 Å². The summed E-state index contributed by atoms with van der Waals surface area (Å²) in [6.07, 6.45) is 5.74. The summed E-state index contributed by atoms with van der Waals surface area (Å²) >= 11 is 1.89. The Labute approximate surface area is 354 Å². The van der Waals surface area contributed by atoms with Crippen LogP contribution in [0.3, 0.4) is 0 Å². The summed E-state index contributed by atoms with van der Waals surface area (Å²) in [6, 6.07) is 66.4. The first-order chi connectivity index (χ1) is 30.2. The van der Waals surface area contributed by atoms with Crippen molar-refractivity contribution in [2.45, 2.75) is 0 Å². The molecule has 9 aromatic carbocycles. The molecule has 0 saturated carbocycles. The van der Waals surface area contributed by atoms with Crippen LogP contribution >= 0.6 is 11.3 Å². The Morgan fingerprint density at radius 3 is 1.20 bits per heavy atom. The number of rotatable bonds is 4. The van der Waals surface area contributed by atoms with E-state index in [0.29, 0.717) is 0 Å². The van der Waals surface area contributed by atoms with Crippen LogP contribution in [0.4, 0.5) is 0 Å². The number of fused-ring (bicyclic) bond motifs is 12. The molecule has 13 aromatic rings. The number of nitrogens with zero attached hydrogens (tertiary/aromatic N) is 3. The molecule has 4 aromatic heterocycles. The second kappa shape index (κ2) is 13.4. The molecule has 0 bridgehead atoms. The third kappa shape index (κ3) is 5.26. The lowest BCUT2D eigenvalue weighted by atomic mass is 9.89. The molecule has 0 N–H and O–H groups in total. The number of pyridine rings is 3. The number of aromatic nitrogens is 3. The average molecular weight is 792 g/mol. The van der Waals surface area contributed by atoms with Gasteiger partial charge in [-0.2, -0.15) is 0 Å². The third-order valence-electron chi connectivity index (χ3n) is 12.5. The molecule has 0 radical (unpaired) electrons. The summed E-state index contributed by atoms with van der Waals surface area (Å²) < 4.78 is 2.50. The van der Waals surface area contributed by atoms with Gasteiger partial charge in [0.2, 0.25) is 0 Å². The second-order valence-corrected chi connectivity index (χ2v) is 16.9. The SMILES string of the molecule is c1ccc(-c2cc(-c3cccc4ccc5cccnc5c34)c3sc4c(-c5cccc6ccc7cccnc7c56)cc(-c5cccc6ccc7cccnc7c56)cc4c3c2)cc1. The van der Waals surface area contributed by atoms with Crippen molar-refractivity contribution < 1.29 is 0 Å². The molecule has 0 aliphatic rings. The number of benzene rings is 9. The van der Waals surface area contributed by atoms with Crippen molar-refractivity contribution in [3.8, 4) is 44.5 Å². The Kier molecular flexibility index (Phi) is 7.47. The first kappa shape index (κ1) is 34.1. The molecule has 0 unspecified atom stereocenters. The minimum atomic E-state index is 1.01. The van der Waals surface area contributed by atoms with Crippen LogP contribution in [0.5, 0.6) is 0 Å². The van der Waals surface area contributed by atoms with E-state index in [9.17, 15) is 0 Å². The van der Waals surface area contributed by atoms with Crippen molar-refractivity contribution in [2.24, 2.45) is 0 Å². The minimum absolute atomic E-state index is 1.01. The van der Waals surface area contributed by atoms with Gasteiger partial charge >= 0.3 is 0 Å². The molecular weight excluding hydrogens is 759 g/mol. The summed E-state index contributed by atoms with van der Waals surface area (Å²) in [4.78, 5) is 15.0. The lowest BCUT2D eigenvalue weighted by Gasteiger charge is -2.15. The maximum Gasteiger partial charge on any atom is 0.0786 e. The Bertz CT molecular complexity index is 3940. The van der Waals surface area contributed by atoms with Gasteiger partial charge in [0.25, 0.3) is 0 Å². The maximum absolute atomic E-state index is 5.02. The molecule has 0 spiro atoms. The van der Waals surface area contributed by atoms with E-state index in [1.807, 2.05) is 48.1 Å². The van der Waals surface area contributed by atoms with Crippen molar-refractivity contribution >= 4 is 96.5 Å². The Morgan fingerprint density at radius 2 is 0.689 bits per heavy atom. The third-order valence-corrected chi connectivity index (χ3v) is 13.8. The fraction of sp³-hybridized carbons (Fsp3) is 0. The smallest absolute Gasteiger partial charge is 0.0786 e. The van der Waals surface area contributed by atoms with E-state index in [1.54, 1.807) is 0 Å². The van der Waals surface area contributed by atoms with Crippen LogP contribution < -0.4 is 0 Å². The molecule has 0 atom stereocenters. The van der Waals surface area contributed by atoms with Crippen LogP contribution in [0.2, 0.25) is 0 Å². The average Bonchev–Trinajstić information content (AvgIpc) is 3.71. The molecule has 0 amide bonds. The van der Waals surface area contributed by atoms with Crippen LogP contribution in [0, 0.1) is 0 Å². The zero-order chi connectivity index (χ0) is 40.0. The van der Waals surface area contributed by atoms with Crippen LogP contribution in [-0.4, -0.2) is 15.0 Å². The Balaban J connectivity index is 1.22. The van der Waals surface area contributed by atoms with Crippen LogP contribution in [0.1, 0.15) is 0 Å². The quantitative estimate of drug-likeness (QED) is 0.167. The van der Waals surface area contributed by atoms with E-state index in [4.69, 9.17) is 15.0 Å². The van der Waals surface area contributed by atoms with Crippen molar-refractivity contribution in [1.82, 2.24) is 15.0 Å². The predicted octanol–water partition coefficient (Wildman–Crippen LogP) is 15.8. The van der Waals surface area contributed by atoms with E-state index in [-0.39, 0.29) is 0 Å². The van der Waals surface area contributed by atoms with Gasteiger partial charge in [-0.3, -0.25) is 15.0 Å². The normalized spacial score (nSPS) is 11.9. The number of hydrogen-bond acceptors (Lipinski definition) is 4. The molecule has 0 saturated heterocycles. The van der Waals surface area contributed by atoms with Crippen LogP contribution in [0.15, 0.2) is 201 Å². The van der Waals surface area contributed by atoms with Crippen molar-refractivity contribution in [3.63, 3.8) is 0 Å². The minimum Gasteiger partial charge on any atom is -0.256 e. The highest BCUT2D eigenvalue weighted by Gasteiger charge is 2.22. The fourth-order valence-corrected chi connectivity index (χ4v) is 11.1. The van der Waals surface area contributed by atoms with Gasteiger partial charge in [0.05, 0.1) is 16.6 Å². The largest absolute Gasteiger partial charge is 0.256 e. The van der Waals surface area contributed by atoms with E-state index in [2.05, 4.69) is 164 Å². The van der Waals surface area contributed by atoms with E-state index < -0.39 is 0 Å². The highest BCUT2D eigenvalue weighted by atomic mass is 32.1. The molecule has 0 fully saturated rings. The van der Waals surface area contributed by atoms with Crippen molar-refractivity contribution in [3.05, 3.63) is 201 Å². The fourth-order valence-electron chi connectivity index (χ4n) is 9.76. The number of thiophene rings is 1. The van der Waals surface area contributed by atoms with Gasteiger partial charge in [0, 0.05) is 82.2 Å². The van der Waals surface area contributed by atoms with E-state index in [1.165, 1.54) is 86.0 Å². The lowest BCUT2D eigenvalue weighted by molar-refractivity contribution is 1.43.